The Morgan fingerprint density at radius 1 is 1.20 bits per heavy atom. The molecule has 3 fully saturated rings. The summed E-state index contributed by atoms with van der Waals surface area (Å²) in [4.78, 5) is 7.10. The van der Waals surface area contributed by atoms with Gasteiger partial charge in [-0.15, -0.1) is 24.0 Å². The normalized spacial score (nSPS) is 26.7. The van der Waals surface area contributed by atoms with Crippen LogP contribution in [-0.4, -0.2) is 47.7 Å². The minimum absolute atomic E-state index is 0. The molecule has 0 aromatic carbocycles. The van der Waals surface area contributed by atoms with Crippen LogP contribution in [0.5, 0.6) is 0 Å². The molecule has 0 aromatic rings. The van der Waals surface area contributed by atoms with E-state index >= 15 is 0 Å². The van der Waals surface area contributed by atoms with Crippen LogP contribution in [0.1, 0.15) is 51.9 Å². The van der Waals surface area contributed by atoms with Crippen LogP contribution in [0.15, 0.2) is 4.99 Å². The van der Waals surface area contributed by atoms with Crippen LogP contribution >= 0.6 is 24.0 Å². The fourth-order valence-electron chi connectivity index (χ4n) is 3.59. The van der Waals surface area contributed by atoms with Crippen molar-refractivity contribution in [1.82, 2.24) is 10.2 Å². The molecule has 2 N–H and O–H groups in total. The first kappa shape index (κ1) is 16.3. The molecule has 0 radical (unpaired) electrons. The lowest BCUT2D eigenvalue weighted by atomic mass is 9.68. The molecule has 0 bridgehead atoms. The number of hydrogen-bond donors (Lipinski definition) is 2. The smallest absolute Gasteiger partial charge is 0.194 e. The third-order valence-electron chi connectivity index (χ3n) is 5.29. The zero-order chi connectivity index (χ0) is 13.3. The van der Waals surface area contributed by atoms with Crippen LogP contribution < -0.4 is 5.32 Å². The lowest BCUT2D eigenvalue weighted by molar-refractivity contribution is -0.0237. The van der Waals surface area contributed by atoms with Crippen molar-refractivity contribution in [2.24, 2.45) is 10.4 Å². The Balaban J connectivity index is 0.00000147. The highest BCUT2D eigenvalue weighted by molar-refractivity contribution is 14.0. The maximum absolute atomic E-state index is 10.2. The number of hydrogen-bond acceptors (Lipinski definition) is 2. The van der Waals surface area contributed by atoms with E-state index in [2.05, 4.69) is 17.1 Å². The molecule has 4 nitrogen and oxygen atoms in total. The van der Waals surface area contributed by atoms with Gasteiger partial charge >= 0.3 is 0 Å². The SMILES string of the molecule is CCNC(=NCC1(O)CCC1)N1CCC2(CCC2)C1.I. The minimum atomic E-state index is -0.505. The van der Waals surface area contributed by atoms with Crippen molar-refractivity contribution in [3.05, 3.63) is 0 Å². The van der Waals surface area contributed by atoms with E-state index in [1.807, 2.05) is 0 Å². The molecular formula is C15H28IN3O. The molecule has 116 valence electrons. The lowest BCUT2D eigenvalue weighted by Crippen LogP contribution is -2.45. The molecule has 3 rings (SSSR count). The third kappa shape index (κ3) is 3.24. The molecule has 2 saturated carbocycles. The van der Waals surface area contributed by atoms with Gasteiger partial charge in [0.05, 0.1) is 12.1 Å². The number of nitrogens with one attached hydrogen (secondary N) is 1. The van der Waals surface area contributed by atoms with Gasteiger partial charge in [-0.1, -0.05) is 6.42 Å². The highest BCUT2D eigenvalue weighted by Gasteiger charge is 2.43. The lowest BCUT2D eigenvalue weighted by Gasteiger charge is -2.38. The second kappa shape index (κ2) is 6.38. The van der Waals surface area contributed by atoms with Crippen molar-refractivity contribution in [2.75, 3.05) is 26.2 Å². The van der Waals surface area contributed by atoms with E-state index in [1.165, 1.54) is 25.7 Å². The Kier molecular flexibility index (Phi) is 5.21. The highest BCUT2D eigenvalue weighted by atomic mass is 127. The van der Waals surface area contributed by atoms with Gasteiger partial charge in [0.25, 0.3) is 0 Å². The van der Waals surface area contributed by atoms with Gasteiger partial charge in [-0.3, -0.25) is 4.99 Å². The average molecular weight is 393 g/mol. The highest BCUT2D eigenvalue weighted by Crippen LogP contribution is 2.47. The molecule has 5 heteroatoms. The van der Waals surface area contributed by atoms with Gasteiger partial charge in [0.15, 0.2) is 5.96 Å². The summed E-state index contributed by atoms with van der Waals surface area (Å²) in [6.45, 7) is 5.88. The Labute approximate surface area is 139 Å². The minimum Gasteiger partial charge on any atom is -0.388 e. The van der Waals surface area contributed by atoms with Gasteiger partial charge in [0.2, 0.25) is 0 Å². The monoisotopic (exact) mass is 393 g/mol. The standard InChI is InChI=1S/C15H27N3O.HI/c1-2-16-13(17-11-15(19)7-4-8-15)18-10-9-14(12-18)5-3-6-14;/h19H,2-12H2,1H3,(H,16,17);1H. The fourth-order valence-corrected chi connectivity index (χ4v) is 3.59. The fraction of sp³-hybridized carbons (Fsp3) is 0.933. The number of nitrogens with zero attached hydrogens (tertiary/aromatic N) is 2. The van der Waals surface area contributed by atoms with Gasteiger partial charge in [-0.25, -0.2) is 0 Å². The predicted molar refractivity (Wildman–Crippen MR) is 92.7 cm³/mol. The summed E-state index contributed by atoms with van der Waals surface area (Å²) in [7, 11) is 0. The first-order valence-corrected chi connectivity index (χ1v) is 7.91. The van der Waals surface area contributed by atoms with Crippen LogP contribution in [0.3, 0.4) is 0 Å². The summed E-state index contributed by atoms with van der Waals surface area (Å²) in [5.41, 5.74) is 0.0954. The zero-order valence-corrected chi connectivity index (χ0v) is 14.9. The number of likely N-dealkylation sites (tertiary alicyclic amines) is 1. The molecule has 1 saturated heterocycles. The van der Waals surface area contributed by atoms with Crippen LogP contribution in [-0.2, 0) is 0 Å². The first-order chi connectivity index (χ1) is 9.15. The number of guanidine groups is 1. The summed E-state index contributed by atoms with van der Waals surface area (Å²) in [5, 5.41) is 13.6. The molecule has 0 atom stereocenters. The van der Waals surface area contributed by atoms with Crippen LogP contribution in [0, 0.1) is 5.41 Å². The van der Waals surface area contributed by atoms with E-state index < -0.39 is 5.60 Å². The van der Waals surface area contributed by atoms with Gasteiger partial charge in [-0.2, -0.15) is 0 Å². The second-order valence-corrected chi connectivity index (χ2v) is 6.77. The maximum atomic E-state index is 10.2. The Morgan fingerprint density at radius 3 is 2.35 bits per heavy atom. The van der Waals surface area contributed by atoms with Gasteiger partial charge < -0.3 is 15.3 Å². The summed E-state index contributed by atoms with van der Waals surface area (Å²) in [6.07, 6.45) is 8.50. The van der Waals surface area contributed by atoms with E-state index in [4.69, 9.17) is 4.99 Å². The Hall–Kier alpha value is -0.0400. The summed E-state index contributed by atoms with van der Waals surface area (Å²) in [6, 6.07) is 0. The van der Waals surface area contributed by atoms with E-state index in [9.17, 15) is 5.11 Å². The zero-order valence-electron chi connectivity index (χ0n) is 12.5. The molecule has 0 amide bonds. The molecule has 2 aliphatic carbocycles. The summed E-state index contributed by atoms with van der Waals surface area (Å²) < 4.78 is 0. The number of aliphatic imine (C=N–C) groups is 1. The molecule has 1 heterocycles. The van der Waals surface area contributed by atoms with E-state index in [0.29, 0.717) is 12.0 Å². The van der Waals surface area contributed by atoms with E-state index in [0.717, 1.165) is 44.9 Å². The largest absolute Gasteiger partial charge is 0.388 e. The molecule has 1 aliphatic heterocycles. The number of halogens is 1. The summed E-state index contributed by atoms with van der Waals surface area (Å²) >= 11 is 0. The molecule has 0 aromatic heterocycles. The average Bonchev–Trinajstić information content (AvgIpc) is 2.77. The first-order valence-electron chi connectivity index (χ1n) is 7.91. The van der Waals surface area contributed by atoms with E-state index in [-0.39, 0.29) is 24.0 Å². The molecular weight excluding hydrogens is 365 g/mol. The second-order valence-electron chi connectivity index (χ2n) is 6.77. The van der Waals surface area contributed by atoms with E-state index in [1.54, 1.807) is 0 Å². The molecule has 20 heavy (non-hydrogen) atoms. The topological polar surface area (TPSA) is 47.9 Å². The van der Waals surface area contributed by atoms with Crippen molar-refractivity contribution >= 4 is 29.9 Å². The molecule has 3 aliphatic rings. The van der Waals surface area contributed by atoms with Crippen LogP contribution in [0.4, 0.5) is 0 Å². The number of rotatable bonds is 3. The Morgan fingerprint density at radius 2 is 1.90 bits per heavy atom. The van der Waals surface area contributed by atoms with Gasteiger partial charge in [0, 0.05) is 19.6 Å². The molecule has 0 unspecified atom stereocenters. The van der Waals surface area contributed by atoms with Crippen LogP contribution in [0.25, 0.3) is 0 Å². The van der Waals surface area contributed by atoms with Gasteiger partial charge in [-0.05, 0) is 50.9 Å². The summed E-state index contributed by atoms with van der Waals surface area (Å²) in [5.74, 6) is 1.02. The van der Waals surface area contributed by atoms with Crippen molar-refractivity contribution in [1.29, 1.82) is 0 Å². The maximum Gasteiger partial charge on any atom is 0.194 e. The van der Waals surface area contributed by atoms with Crippen molar-refractivity contribution in [3.8, 4) is 0 Å². The van der Waals surface area contributed by atoms with Crippen molar-refractivity contribution < 1.29 is 5.11 Å². The van der Waals surface area contributed by atoms with Gasteiger partial charge in [0.1, 0.15) is 0 Å². The van der Waals surface area contributed by atoms with Crippen molar-refractivity contribution in [3.63, 3.8) is 0 Å². The quantitative estimate of drug-likeness (QED) is 0.440. The molecule has 1 spiro atoms. The Bertz CT molecular complexity index is 364. The third-order valence-corrected chi connectivity index (χ3v) is 5.29. The van der Waals surface area contributed by atoms with Crippen molar-refractivity contribution in [2.45, 2.75) is 57.5 Å². The number of aliphatic hydroxyl groups is 1. The predicted octanol–water partition coefficient (Wildman–Crippen LogP) is 2.36. The van der Waals surface area contributed by atoms with Crippen LogP contribution in [0.2, 0.25) is 0 Å².